The first-order valence-corrected chi connectivity index (χ1v) is 7.42. The number of ether oxygens (including phenoxy) is 1. The number of hydrogen-bond donors (Lipinski definition) is 0. The molecule has 0 amide bonds. The Morgan fingerprint density at radius 2 is 1.80 bits per heavy atom. The summed E-state index contributed by atoms with van der Waals surface area (Å²) in [5.41, 5.74) is 1.24. The topological polar surface area (TPSA) is 29.5 Å². The van der Waals surface area contributed by atoms with E-state index in [-0.39, 0.29) is 17.4 Å². The van der Waals surface area contributed by atoms with Gasteiger partial charge in [-0.1, -0.05) is 30.3 Å². The Hall–Kier alpha value is -1.35. The van der Waals surface area contributed by atoms with Crippen LogP contribution in [0, 0.1) is 5.92 Å². The van der Waals surface area contributed by atoms with E-state index in [1.54, 1.807) is 0 Å². The van der Waals surface area contributed by atoms with Gasteiger partial charge in [-0.15, -0.1) is 0 Å². The number of nitrogens with zero attached hydrogens (tertiary/aromatic N) is 1. The van der Waals surface area contributed by atoms with E-state index in [0.717, 1.165) is 31.5 Å². The van der Waals surface area contributed by atoms with E-state index in [2.05, 4.69) is 25.7 Å². The summed E-state index contributed by atoms with van der Waals surface area (Å²) in [6, 6.07) is 9.86. The highest BCUT2D eigenvalue weighted by Gasteiger charge is 2.30. The molecule has 1 aromatic rings. The third-order valence-electron chi connectivity index (χ3n) is 4.00. The molecule has 1 aliphatic rings. The zero-order valence-corrected chi connectivity index (χ0v) is 12.8. The molecule has 1 aromatic carbocycles. The van der Waals surface area contributed by atoms with Crippen LogP contribution in [0.2, 0.25) is 0 Å². The fourth-order valence-corrected chi connectivity index (χ4v) is 2.63. The van der Waals surface area contributed by atoms with Gasteiger partial charge in [0.1, 0.15) is 6.61 Å². The molecule has 0 aliphatic carbocycles. The van der Waals surface area contributed by atoms with Crippen molar-refractivity contribution in [1.29, 1.82) is 0 Å². The smallest absolute Gasteiger partial charge is 0.309 e. The van der Waals surface area contributed by atoms with Crippen LogP contribution >= 0.6 is 0 Å². The minimum absolute atomic E-state index is 0.0394. The summed E-state index contributed by atoms with van der Waals surface area (Å²) < 4.78 is 5.43. The lowest BCUT2D eigenvalue weighted by molar-refractivity contribution is -0.152. The van der Waals surface area contributed by atoms with E-state index in [0.29, 0.717) is 6.61 Å². The lowest BCUT2D eigenvalue weighted by atomic mass is 9.93. The zero-order valence-electron chi connectivity index (χ0n) is 12.8. The molecule has 0 unspecified atom stereocenters. The molecule has 0 saturated carbocycles. The van der Waals surface area contributed by atoms with Crippen LogP contribution < -0.4 is 0 Å². The van der Waals surface area contributed by atoms with Gasteiger partial charge in [0.2, 0.25) is 0 Å². The van der Waals surface area contributed by atoms with Crippen LogP contribution in [0.1, 0.15) is 39.2 Å². The molecule has 0 atom stereocenters. The molecule has 1 fully saturated rings. The fourth-order valence-electron chi connectivity index (χ4n) is 2.63. The molecule has 0 spiro atoms. The molecule has 0 radical (unpaired) electrons. The normalized spacial score (nSPS) is 17.9. The second kappa shape index (κ2) is 6.40. The predicted molar refractivity (Wildman–Crippen MR) is 80.3 cm³/mol. The quantitative estimate of drug-likeness (QED) is 0.793. The van der Waals surface area contributed by atoms with Gasteiger partial charge in [0, 0.05) is 5.54 Å². The van der Waals surface area contributed by atoms with Gasteiger partial charge in [-0.25, -0.2) is 0 Å². The maximum absolute atomic E-state index is 12.1. The van der Waals surface area contributed by atoms with Gasteiger partial charge < -0.3 is 4.74 Å². The molecule has 0 bridgehead atoms. The van der Waals surface area contributed by atoms with Gasteiger partial charge in [0.15, 0.2) is 0 Å². The van der Waals surface area contributed by atoms with Crippen LogP contribution in [0.15, 0.2) is 30.3 Å². The largest absolute Gasteiger partial charge is 0.461 e. The Balaban J connectivity index is 1.78. The van der Waals surface area contributed by atoms with Gasteiger partial charge in [-0.05, 0) is 52.3 Å². The van der Waals surface area contributed by atoms with Gasteiger partial charge in [-0.2, -0.15) is 0 Å². The van der Waals surface area contributed by atoms with E-state index in [9.17, 15) is 4.79 Å². The summed E-state index contributed by atoms with van der Waals surface area (Å²) >= 11 is 0. The fraction of sp³-hybridized carbons (Fsp3) is 0.588. The maximum atomic E-state index is 12.1. The van der Waals surface area contributed by atoms with Crippen LogP contribution in [0.5, 0.6) is 0 Å². The number of rotatable bonds is 3. The highest BCUT2D eigenvalue weighted by molar-refractivity contribution is 5.72. The average molecular weight is 275 g/mol. The molecule has 0 aromatic heterocycles. The molecule has 2 rings (SSSR count). The molecule has 1 aliphatic heterocycles. The minimum Gasteiger partial charge on any atom is -0.461 e. The predicted octanol–water partition coefficient (Wildman–Crippen LogP) is 3.24. The number of hydrogen-bond acceptors (Lipinski definition) is 3. The number of benzene rings is 1. The van der Waals surface area contributed by atoms with Gasteiger partial charge in [-0.3, -0.25) is 9.69 Å². The second-order valence-corrected chi connectivity index (χ2v) is 6.53. The minimum atomic E-state index is -0.0394. The molecule has 1 heterocycles. The lowest BCUT2D eigenvalue weighted by Crippen LogP contribution is -2.47. The first kappa shape index (κ1) is 15.0. The van der Waals surface area contributed by atoms with Crippen molar-refractivity contribution in [3.8, 4) is 0 Å². The van der Waals surface area contributed by atoms with Crippen molar-refractivity contribution in [2.75, 3.05) is 13.1 Å². The van der Waals surface area contributed by atoms with Crippen molar-refractivity contribution in [3.63, 3.8) is 0 Å². The van der Waals surface area contributed by atoms with E-state index in [1.807, 2.05) is 30.3 Å². The summed E-state index contributed by atoms with van der Waals surface area (Å²) in [5, 5.41) is 0. The van der Waals surface area contributed by atoms with Crippen molar-refractivity contribution in [2.24, 2.45) is 5.92 Å². The van der Waals surface area contributed by atoms with Crippen LogP contribution in [-0.2, 0) is 16.1 Å². The second-order valence-electron chi connectivity index (χ2n) is 6.53. The zero-order chi connectivity index (χ0) is 14.6. The number of carbonyl (C=O) groups excluding carboxylic acids is 1. The van der Waals surface area contributed by atoms with Crippen molar-refractivity contribution in [2.45, 2.75) is 45.8 Å². The number of esters is 1. The molecular weight excluding hydrogens is 250 g/mol. The average Bonchev–Trinajstić information content (AvgIpc) is 2.45. The van der Waals surface area contributed by atoms with E-state index < -0.39 is 0 Å². The van der Waals surface area contributed by atoms with Crippen LogP contribution in [-0.4, -0.2) is 29.5 Å². The maximum Gasteiger partial charge on any atom is 0.309 e. The van der Waals surface area contributed by atoms with Crippen LogP contribution in [0.3, 0.4) is 0 Å². The molecule has 110 valence electrons. The van der Waals surface area contributed by atoms with Gasteiger partial charge >= 0.3 is 5.97 Å². The van der Waals surface area contributed by atoms with Crippen molar-refractivity contribution in [3.05, 3.63) is 35.9 Å². The SMILES string of the molecule is CC(C)(C)N1CCC(C(=O)OCc2ccccc2)CC1. The van der Waals surface area contributed by atoms with Crippen molar-refractivity contribution < 1.29 is 9.53 Å². The van der Waals surface area contributed by atoms with Gasteiger partial charge in [0.05, 0.1) is 5.92 Å². The summed E-state index contributed by atoms with van der Waals surface area (Å²) in [6.45, 7) is 9.02. The monoisotopic (exact) mass is 275 g/mol. The molecule has 3 heteroatoms. The van der Waals surface area contributed by atoms with Crippen LogP contribution in [0.25, 0.3) is 0 Å². The van der Waals surface area contributed by atoms with E-state index in [4.69, 9.17) is 4.74 Å². The lowest BCUT2D eigenvalue weighted by Gasteiger charge is -2.40. The first-order chi connectivity index (χ1) is 9.47. The van der Waals surface area contributed by atoms with E-state index >= 15 is 0 Å². The third-order valence-corrected chi connectivity index (χ3v) is 4.00. The summed E-state index contributed by atoms with van der Waals surface area (Å²) in [4.78, 5) is 14.5. The standard InChI is InChI=1S/C17H25NO2/c1-17(2,3)18-11-9-15(10-12-18)16(19)20-13-14-7-5-4-6-8-14/h4-8,15H,9-13H2,1-3H3. The Morgan fingerprint density at radius 1 is 1.20 bits per heavy atom. The number of piperidine rings is 1. The molecular formula is C17H25NO2. The Kier molecular flexibility index (Phi) is 4.81. The van der Waals surface area contributed by atoms with Crippen LogP contribution in [0.4, 0.5) is 0 Å². The highest BCUT2D eigenvalue weighted by Crippen LogP contribution is 2.24. The summed E-state index contributed by atoms with van der Waals surface area (Å²) in [7, 11) is 0. The third kappa shape index (κ3) is 4.07. The first-order valence-electron chi connectivity index (χ1n) is 7.42. The molecule has 20 heavy (non-hydrogen) atoms. The number of carbonyl (C=O) groups is 1. The Morgan fingerprint density at radius 3 is 2.35 bits per heavy atom. The summed E-state index contributed by atoms with van der Waals surface area (Å²) in [5.74, 6) is 0.0275. The molecule has 3 nitrogen and oxygen atoms in total. The van der Waals surface area contributed by atoms with E-state index in [1.165, 1.54) is 0 Å². The highest BCUT2D eigenvalue weighted by atomic mass is 16.5. The molecule has 1 saturated heterocycles. The summed E-state index contributed by atoms with van der Waals surface area (Å²) in [6.07, 6.45) is 1.82. The van der Waals surface area contributed by atoms with Crippen molar-refractivity contribution >= 4 is 5.97 Å². The number of likely N-dealkylation sites (tertiary alicyclic amines) is 1. The van der Waals surface area contributed by atoms with Gasteiger partial charge in [0.25, 0.3) is 0 Å². The Bertz CT molecular complexity index is 428. The Labute approximate surface area is 121 Å². The molecule has 0 N–H and O–H groups in total. The van der Waals surface area contributed by atoms with Crippen molar-refractivity contribution in [1.82, 2.24) is 4.90 Å².